The van der Waals surface area contributed by atoms with E-state index in [1.54, 1.807) is 0 Å². The highest BCUT2D eigenvalue weighted by atomic mass is 35.5. The number of piperidine rings is 1. The third-order valence-electron chi connectivity index (χ3n) is 5.66. The summed E-state index contributed by atoms with van der Waals surface area (Å²) in [7, 11) is 0. The van der Waals surface area contributed by atoms with Gasteiger partial charge < -0.3 is 14.8 Å². The van der Waals surface area contributed by atoms with E-state index in [1.807, 2.05) is 29.4 Å². The van der Waals surface area contributed by atoms with Crippen molar-refractivity contribution in [3.63, 3.8) is 0 Å². The van der Waals surface area contributed by atoms with Gasteiger partial charge in [-0.1, -0.05) is 23.7 Å². The molecule has 2 amide bonds. The van der Waals surface area contributed by atoms with Crippen LogP contribution in [0.2, 0.25) is 5.02 Å². The summed E-state index contributed by atoms with van der Waals surface area (Å²) in [5, 5.41) is 4.06. The Kier molecular flexibility index (Phi) is 4.90. The minimum Gasteiger partial charge on any atom is -0.333 e. The number of rotatable bonds is 3. The molecule has 6 heteroatoms. The number of urea groups is 1. The highest BCUT2D eigenvalue weighted by molar-refractivity contribution is 6.31. The van der Waals surface area contributed by atoms with E-state index in [9.17, 15) is 4.79 Å². The molecule has 2 atom stereocenters. The number of hydrogen-bond donors (Lipinski definition) is 1. The van der Waals surface area contributed by atoms with Gasteiger partial charge in [-0.3, -0.25) is 0 Å². The number of halogens is 1. The summed E-state index contributed by atoms with van der Waals surface area (Å²) in [6.45, 7) is 3.76. The van der Waals surface area contributed by atoms with Gasteiger partial charge >= 0.3 is 6.03 Å². The van der Waals surface area contributed by atoms with E-state index in [2.05, 4.69) is 27.9 Å². The molecule has 0 saturated carbocycles. The van der Waals surface area contributed by atoms with Gasteiger partial charge in [-0.2, -0.15) is 0 Å². The normalized spacial score (nSPS) is 22.3. The summed E-state index contributed by atoms with van der Waals surface area (Å²) in [4.78, 5) is 19.6. The zero-order valence-electron chi connectivity index (χ0n) is 15.1. The largest absolute Gasteiger partial charge is 0.333 e. The molecule has 2 aliphatic rings. The van der Waals surface area contributed by atoms with Crippen molar-refractivity contribution in [2.45, 2.75) is 57.7 Å². The predicted molar refractivity (Wildman–Crippen MR) is 102 cm³/mol. The van der Waals surface area contributed by atoms with Gasteiger partial charge in [0, 0.05) is 30.5 Å². The second kappa shape index (κ2) is 7.31. The molecule has 1 aliphatic heterocycles. The molecule has 1 aliphatic carbocycles. The van der Waals surface area contributed by atoms with Gasteiger partial charge in [0.05, 0.1) is 12.1 Å². The monoisotopic (exact) mass is 372 g/mol. The Balaban J connectivity index is 1.53. The van der Waals surface area contributed by atoms with Gasteiger partial charge in [-0.15, -0.1) is 0 Å². The molecule has 1 saturated heterocycles. The minimum absolute atomic E-state index is 0.0122. The van der Waals surface area contributed by atoms with E-state index in [0.29, 0.717) is 0 Å². The van der Waals surface area contributed by atoms with Crippen molar-refractivity contribution in [2.24, 2.45) is 0 Å². The number of carbonyl (C=O) groups is 1. The van der Waals surface area contributed by atoms with Gasteiger partial charge in [-0.05, 0) is 56.2 Å². The first kappa shape index (κ1) is 17.4. The molecule has 0 spiro atoms. The van der Waals surface area contributed by atoms with E-state index in [0.717, 1.165) is 61.6 Å². The lowest BCUT2D eigenvalue weighted by Gasteiger charge is -2.36. The summed E-state index contributed by atoms with van der Waals surface area (Å²) < 4.78 is 2.14. The lowest BCUT2D eigenvalue weighted by atomic mass is 10.0. The maximum absolute atomic E-state index is 13.1. The molecule has 0 bridgehead atoms. The van der Waals surface area contributed by atoms with Crippen LogP contribution in [-0.4, -0.2) is 27.0 Å². The first-order chi connectivity index (χ1) is 12.7. The predicted octanol–water partition coefficient (Wildman–Crippen LogP) is 4.48. The average molecular weight is 373 g/mol. The van der Waals surface area contributed by atoms with Crippen molar-refractivity contribution in [1.82, 2.24) is 19.8 Å². The number of hydrogen-bond acceptors (Lipinski definition) is 2. The lowest BCUT2D eigenvalue weighted by Crippen LogP contribution is -2.46. The van der Waals surface area contributed by atoms with E-state index in [1.165, 1.54) is 5.56 Å². The Hall–Kier alpha value is -2.01. The molecule has 2 heterocycles. The average Bonchev–Trinajstić information content (AvgIpc) is 3.29. The van der Waals surface area contributed by atoms with Crippen LogP contribution in [0.4, 0.5) is 4.79 Å². The highest BCUT2D eigenvalue weighted by Gasteiger charge is 2.33. The Morgan fingerprint density at radius 1 is 1.35 bits per heavy atom. The molecule has 5 nitrogen and oxygen atoms in total. The minimum atomic E-state index is 0.0122. The van der Waals surface area contributed by atoms with Crippen LogP contribution in [0.3, 0.4) is 0 Å². The molecule has 1 aromatic heterocycles. The number of nitrogens with zero attached hydrogens (tertiary/aromatic N) is 3. The molecule has 1 N–H and O–H groups in total. The van der Waals surface area contributed by atoms with Crippen molar-refractivity contribution in [1.29, 1.82) is 0 Å². The summed E-state index contributed by atoms with van der Waals surface area (Å²) in [5.74, 6) is 0.997. The van der Waals surface area contributed by atoms with Crippen LogP contribution in [0.5, 0.6) is 0 Å². The van der Waals surface area contributed by atoms with Crippen molar-refractivity contribution in [3.8, 4) is 0 Å². The Labute approximate surface area is 159 Å². The molecule has 26 heavy (non-hydrogen) atoms. The fraction of sp³-hybridized carbons (Fsp3) is 0.500. The summed E-state index contributed by atoms with van der Waals surface area (Å²) in [6, 6.07) is 6.08. The summed E-state index contributed by atoms with van der Waals surface area (Å²) in [5.41, 5.74) is 2.34. The van der Waals surface area contributed by atoms with Crippen molar-refractivity contribution in [2.75, 3.05) is 6.54 Å². The first-order valence-corrected chi connectivity index (χ1v) is 9.92. The zero-order valence-corrected chi connectivity index (χ0v) is 15.9. The standard InChI is InChI=1S/C20H25ClN4O/c1-2-24-13-11-22-19(24)18-8-3-4-12-25(18)20(26)23-17-10-9-14-15(17)6-5-7-16(14)21/h5-7,11,13,17-18H,2-4,8-10,12H2,1H3,(H,23,26). The van der Waals surface area contributed by atoms with E-state index in [4.69, 9.17) is 11.6 Å². The second-order valence-corrected chi connectivity index (χ2v) is 7.53. The number of likely N-dealkylation sites (tertiary alicyclic amines) is 1. The topological polar surface area (TPSA) is 50.2 Å². The molecule has 0 radical (unpaired) electrons. The number of aromatic nitrogens is 2. The van der Waals surface area contributed by atoms with Crippen molar-refractivity contribution >= 4 is 17.6 Å². The number of amides is 2. The molecule has 4 rings (SSSR count). The SMILES string of the molecule is CCn1ccnc1C1CCCCN1C(=O)NC1CCc2c(Cl)cccc21. The van der Waals surface area contributed by atoms with E-state index < -0.39 is 0 Å². The maximum Gasteiger partial charge on any atom is 0.318 e. The molecule has 1 fully saturated rings. The Morgan fingerprint density at radius 3 is 3.08 bits per heavy atom. The van der Waals surface area contributed by atoms with Gasteiger partial charge in [0.15, 0.2) is 0 Å². The third kappa shape index (κ3) is 3.09. The Morgan fingerprint density at radius 2 is 2.23 bits per heavy atom. The summed E-state index contributed by atoms with van der Waals surface area (Å²) in [6.07, 6.45) is 8.80. The number of nitrogens with one attached hydrogen (secondary N) is 1. The van der Waals surface area contributed by atoms with Gasteiger partial charge in [0.2, 0.25) is 0 Å². The van der Waals surface area contributed by atoms with Crippen LogP contribution < -0.4 is 5.32 Å². The van der Waals surface area contributed by atoms with Gasteiger partial charge in [-0.25, -0.2) is 9.78 Å². The van der Waals surface area contributed by atoms with E-state index in [-0.39, 0.29) is 18.1 Å². The highest BCUT2D eigenvalue weighted by Crippen LogP contribution is 2.36. The number of imidazole rings is 1. The quantitative estimate of drug-likeness (QED) is 0.863. The van der Waals surface area contributed by atoms with Crippen LogP contribution in [0, 0.1) is 0 Å². The lowest BCUT2D eigenvalue weighted by molar-refractivity contribution is 0.142. The molecule has 2 unspecified atom stereocenters. The smallest absolute Gasteiger partial charge is 0.318 e. The van der Waals surface area contributed by atoms with Gasteiger partial charge in [0.25, 0.3) is 0 Å². The fourth-order valence-corrected chi connectivity index (χ4v) is 4.60. The molecular weight excluding hydrogens is 348 g/mol. The van der Waals surface area contributed by atoms with Crippen LogP contribution in [0.15, 0.2) is 30.6 Å². The summed E-state index contributed by atoms with van der Waals surface area (Å²) >= 11 is 6.31. The molecule has 138 valence electrons. The van der Waals surface area contributed by atoms with Crippen molar-refractivity contribution in [3.05, 3.63) is 52.6 Å². The van der Waals surface area contributed by atoms with Crippen LogP contribution in [-0.2, 0) is 13.0 Å². The fourth-order valence-electron chi connectivity index (χ4n) is 4.32. The number of fused-ring (bicyclic) bond motifs is 1. The number of carbonyl (C=O) groups excluding carboxylic acids is 1. The third-order valence-corrected chi connectivity index (χ3v) is 6.02. The Bertz CT molecular complexity index is 803. The molecule has 1 aromatic carbocycles. The van der Waals surface area contributed by atoms with Crippen molar-refractivity contribution < 1.29 is 4.79 Å². The number of aryl methyl sites for hydroxylation is 1. The van der Waals surface area contributed by atoms with Crippen LogP contribution >= 0.6 is 11.6 Å². The van der Waals surface area contributed by atoms with Crippen LogP contribution in [0.25, 0.3) is 0 Å². The number of benzene rings is 1. The van der Waals surface area contributed by atoms with E-state index >= 15 is 0 Å². The van der Waals surface area contributed by atoms with Gasteiger partial charge in [0.1, 0.15) is 5.82 Å². The zero-order chi connectivity index (χ0) is 18.1. The first-order valence-electron chi connectivity index (χ1n) is 9.54. The maximum atomic E-state index is 13.1. The second-order valence-electron chi connectivity index (χ2n) is 7.12. The molecule has 2 aromatic rings. The van der Waals surface area contributed by atoms with Crippen LogP contribution in [0.1, 0.15) is 61.6 Å². The molecular formula is C20H25ClN4O.